The second-order valence-electron chi connectivity index (χ2n) is 8.35. The van der Waals surface area contributed by atoms with Gasteiger partial charge in [0.25, 0.3) is 0 Å². The third-order valence-electron chi connectivity index (χ3n) is 5.63. The van der Waals surface area contributed by atoms with Crippen LogP contribution in [0.4, 0.5) is 0 Å². The van der Waals surface area contributed by atoms with Crippen LogP contribution in [0.5, 0.6) is 5.75 Å². The van der Waals surface area contributed by atoms with E-state index in [4.69, 9.17) is 13.9 Å². The van der Waals surface area contributed by atoms with Crippen LogP contribution in [0.1, 0.15) is 35.2 Å². The van der Waals surface area contributed by atoms with Crippen LogP contribution in [0.3, 0.4) is 0 Å². The Morgan fingerprint density at radius 2 is 1.85 bits per heavy atom. The molecule has 1 aliphatic rings. The molecule has 0 amide bonds. The molecule has 0 saturated carbocycles. The number of halogens is 1. The van der Waals surface area contributed by atoms with Gasteiger partial charge in [0.05, 0.1) is 18.3 Å². The minimum atomic E-state index is 0. The van der Waals surface area contributed by atoms with E-state index in [2.05, 4.69) is 52.7 Å². The Hall–Kier alpha value is -2.59. The predicted molar refractivity (Wildman–Crippen MR) is 145 cm³/mol. The Morgan fingerprint density at radius 3 is 2.59 bits per heavy atom. The second kappa shape index (κ2) is 12.8. The van der Waals surface area contributed by atoms with Crippen LogP contribution < -0.4 is 15.4 Å². The van der Waals surface area contributed by atoms with Crippen molar-refractivity contribution in [3.05, 3.63) is 71.1 Å². The number of hydrogen-bond acceptors (Lipinski definition) is 5. The summed E-state index contributed by atoms with van der Waals surface area (Å²) in [6.07, 6.45) is 4.03. The van der Waals surface area contributed by atoms with Gasteiger partial charge in [0, 0.05) is 31.3 Å². The Balaban J connectivity index is 0.00000324. The van der Waals surface area contributed by atoms with E-state index in [0.717, 1.165) is 42.0 Å². The number of oxazole rings is 1. The predicted octanol–water partition coefficient (Wildman–Crippen LogP) is 5.00. The molecule has 34 heavy (non-hydrogen) atoms. The summed E-state index contributed by atoms with van der Waals surface area (Å²) in [4.78, 5) is 8.90. The van der Waals surface area contributed by atoms with Gasteiger partial charge in [-0.15, -0.1) is 24.0 Å². The van der Waals surface area contributed by atoms with Crippen LogP contribution in [0.2, 0.25) is 0 Å². The lowest BCUT2D eigenvalue weighted by molar-refractivity contribution is 0.0676. The van der Waals surface area contributed by atoms with E-state index in [9.17, 15) is 0 Å². The highest BCUT2D eigenvalue weighted by Gasteiger charge is 2.17. The highest BCUT2D eigenvalue weighted by Crippen LogP contribution is 2.22. The molecule has 3 aromatic rings. The van der Waals surface area contributed by atoms with Crippen LogP contribution in [0.25, 0.3) is 11.5 Å². The summed E-state index contributed by atoms with van der Waals surface area (Å²) in [6.45, 7) is 6.64. The Bertz CT molecular complexity index is 1080. The normalized spacial score (nSPS) is 15.6. The maximum Gasteiger partial charge on any atom is 0.226 e. The van der Waals surface area contributed by atoms with Crippen LogP contribution >= 0.6 is 24.0 Å². The number of ether oxygens (including phenoxy) is 2. The lowest BCUT2D eigenvalue weighted by atomic mass is 10.1. The first-order chi connectivity index (χ1) is 16.1. The zero-order valence-corrected chi connectivity index (χ0v) is 22.3. The van der Waals surface area contributed by atoms with E-state index in [-0.39, 0.29) is 30.1 Å². The van der Waals surface area contributed by atoms with Crippen LogP contribution in [-0.4, -0.2) is 37.3 Å². The average Bonchev–Trinajstić information content (AvgIpc) is 3.51. The zero-order valence-electron chi connectivity index (χ0n) is 20.0. The summed E-state index contributed by atoms with van der Waals surface area (Å²) in [5.41, 5.74) is 5.22. The summed E-state index contributed by atoms with van der Waals surface area (Å²) < 4.78 is 17.4. The van der Waals surface area contributed by atoms with E-state index >= 15 is 0 Å². The molecule has 4 rings (SSSR count). The monoisotopic (exact) mass is 576 g/mol. The van der Waals surface area contributed by atoms with Gasteiger partial charge in [0.2, 0.25) is 5.89 Å². The van der Waals surface area contributed by atoms with E-state index in [1.54, 1.807) is 13.3 Å². The van der Waals surface area contributed by atoms with Gasteiger partial charge >= 0.3 is 0 Å². The third-order valence-corrected chi connectivity index (χ3v) is 5.63. The van der Waals surface area contributed by atoms with Gasteiger partial charge in [-0.3, -0.25) is 4.99 Å². The molecular weight excluding hydrogens is 543 g/mol. The van der Waals surface area contributed by atoms with Crippen LogP contribution in [0, 0.1) is 13.8 Å². The third kappa shape index (κ3) is 7.20. The summed E-state index contributed by atoms with van der Waals surface area (Å²) in [5, 5.41) is 6.65. The molecule has 0 bridgehead atoms. The number of nitrogens with one attached hydrogen (secondary N) is 2. The molecular formula is C26H33IN4O3. The number of nitrogens with zero attached hydrogens (tertiary/aromatic N) is 2. The summed E-state index contributed by atoms with van der Waals surface area (Å²) in [7, 11) is 1.75. The fraction of sp³-hybridized carbons (Fsp3) is 0.385. The first kappa shape index (κ1) is 26.0. The van der Waals surface area contributed by atoms with Crippen molar-refractivity contribution in [1.29, 1.82) is 0 Å². The van der Waals surface area contributed by atoms with Gasteiger partial charge in [-0.05, 0) is 50.5 Å². The van der Waals surface area contributed by atoms with Crippen molar-refractivity contribution < 1.29 is 13.9 Å². The fourth-order valence-electron chi connectivity index (χ4n) is 3.69. The first-order valence-electron chi connectivity index (χ1n) is 11.4. The molecule has 1 aromatic heterocycles. The Kier molecular flexibility index (Phi) is 9.76. The van der Waals surface area contributed by atoms with Gasteiger partial charge < -0.3 is 24.5 Å². The molecule has 1 atom stereocenters. The smallest absolute Gasteiger partial charge is 0.226 e. The molecule has 8 heteroatoms. The van der Waals surface area contributed by atoms with Crippen molar-refractivity contribution in [3.63, 3.8) is 0 Å². The molecule has 0 spiro atoms. The second-order valence-corrected chi connectivity index (χ2v) is 8.35. The Labute approximate surface area is 218 Å². The first-order valence-corrected chi connectivity index (χ1v) is 11.4. The number of aromatic nitrogens is 1. The standard InChI is InChI=1S/C26H32N4O3.HI/c1-18-6-9-20(10-7-18)25-30-22(16-33-25)15-29-26(27-3)28-14-21-11-8-19(2)13-24(21)32-17-23-5-4-12-31-23;/h6-11,13,16,23H,4-5,12,14-15,17H2,1-3H3,(H2,27,28,29);1H. The number of benzene rings is 2. The van der Waals surface area contributed by atoms with Crippen LogP contribution in [0.15, 0.2) is 58.1 Å². The molecule has 0 aliphatic carbocycles. The van der Waals surface area contributed by atoms with Crippen molar-refractivity contribution in [3.8, 4) is 17.2 Å². The molecule has 1 fully saturated rings. The van der Waals surface area contributed by atoms with Gasteiger partial charge in [-0.25, -0.2) is 4.98 Å². The minimum Gasteiger partial charge on any atom is -0.491 e. The maximum absolute atomic E-state index is 6.10. The van der Waals surface area contributed by atoms with E-state index in [1.165, 1.54) is 11.1 Å². The topological polar surface area (TPSA) is 80.9 Å². The molecule has 1 unspecified atom stereocenters. The van der Waals surface area contributed by atoms with Gasteiger partial charge in [-0.1, -0.05) is 29.8 Å². The van der Waals surface area contributed by atoms with Crippen molar-refractivity contribution in [2.24, 2.45) is 4.99 Å². The molecule has 2 N–H and O–H groups in total. The molecule has 2 heterocycles. The van der Waals surface area contributed by atoms with Crippen molar-refractivity contribution in [1.82, 2.24) is 15.6 Å². The quantitative estimate of drug-likeness (QED) is 0.223. The number of aryl methyl sites for hydroxylation is 2. The number of guanidine groups is 1. The average molecular weight is 576 g/mol. The van der Waals surface area contributed by atoms with Crippen molar-refractivity contribution in [2.75, 3.05) is 20.3 Å². The number of rotatable bonds is 8. The molecule has 182 valence electrons. The molecule has 0 radical (unpaired) electrons. The molecule has 7 nitrogen and oxygen atoms in total. The van der Waals surface area contributed by atoms with Crippen molar-refractivity contribution >= 4 is 29.9 Å². The van der Waals surface area contributed by atoms with Gasteiger partial charge in [-0.2, -0.15) is 0 Å². The summed E-state index contributed by atoms with van der Waals surface area (Å²) in [6, 6.07) is 14.4. The van der Waals surface area contributed by atoms with Crippen molar-refractivity contribution in [2.45, 2.75) is 45.9 Å². The fourth-order valence-corrected chi connectivity index (χ4v) is 3.69. The Morgan fingerprint density at radius 1 is 1.09 bits per heavy atom. The van der Waals surface area contributed by atoms with E-state index < -0.39 is 0 Å². The largest absolute Gasteiger partial charge is 0.491 e. The van der Waals surface area contributed by atoms with E-state index in [1.807, 2.05) is 24.3 Å². The number of hydrogen-bond donors (Lipinski definition) is 2. The molecule has 1 aliphatic heterocycles. The number of aliphatic imine (C=N–C) groups is 1. The van der Waals surface area contributed by atoms with Crippen LogP contribution in [-0.2, 0) is 17.8 Å². The lowest BCUT2D eigenvalue weighted by Gasteiger charge is -2.17. The summed E-state index contributed by atoms with van der Waals surface area (Å²) in [5.74, 6) is 2.18. The molecule has 1 saturated heterocycles. The molecule has 2 aromatic carbocycles. The lowest BCUT2D eigenvalue weighted by Crippen LogP contribution is -2.36. The van der Waals surface area contributed by atoms with E-state index in [0.29, 0.717) is 31.5 Å². The SMILES string of the molecule is CN=C(NCc1coc(-c2ccc(C)cc2)n1)NCc1ccc(C)cc1OCC1CCCO1.I. The highest BCUT2D eigenvalue weighted by atomic mass is 127. The summed E-state index contributed by atoms with van der Waals surface area (Å²) >= 11 is 0. The maximum atomic E-state index is 6.10. The highest BCUT2D eigenvalue weighted by molar-refractivity contribution is 14.0. The zero-order chi connectivity index (χ0) is 23.0. The van der Waals surface area contributed by atoms with Gasteiger partial charge in [0.1, 0.15) is 18.6 Å². The minimum absolute atomic E-state index is 0. The van der Waals surface area contributed by atoms with Gasteiger partial charge in [0.15, 0.2) is 5.96 Å².